The minimum atomic E-state index is 0.324. The van der Waals surface area contributed by atoms with Crippen molar-refractivity contribution in [1.29, 1.82) is 0 Å². The maximum absolute atomic E-state index is 9.83. The number of hydrogen-bond donors (Lipinski definition) is 1. The van der Waals surface area contributed by atoms with Crippen LogP contribution in [0.1, 0.15) is 12.5 Å². The van der Waals surface area contributed by atoms with Gasteiger partial charge >= 0.3 is 0 Å². The van der Waals surface area contributed by atoms with E-state index in [1.165, 1.54) is 0 Å². The molecule has 1 aliphatic heterocycles. The van der Waals surface area contributed by atoms with Crippen molar-refractivity contribution >= 4 is 0 Å². The smallest absolute Gasteiger partial charge is 0.120 e. The van der Waals surface area contributed by atoms with E-state index >= 15 is 0 Å². The van der Waals surface area contributed by atoms with Crippen molar-refractivity contribution in [2.24, 2.45) is 0 Å². The Bertz CT molecular complexity index is 381. The summed E-state index contributed by atoms with van der Waals surface area (Å²) >= 11 is 0. The van der Waals surface area contributed by atoms with Gasteiger partial charge in [0, 0.05) is 24.7 Å². The monoisotopic (exact) mass is 237 g/mol. The van der Waals surface area contributed by atoms with E-state index in [0.29, 0.717) is 11.8 Å². The molecule has 1 atom stereocenters. The minimum absolute atomic E-state index is 0.324. The first kappa shape index (κ1) is 12.2. The van der Waals surface area contributed by atoms with Crippen molar-refractivity contribution in [3.05, 3.63) is 23.8 Å². The van der Waals surface area contributed by atoms with Gasteiger partial charge in [-0.2, -0.15) is 0 Å². The number of phenols is 1. The number of benzene rings is 1. The lowest BCUT2D eigenvalue weighted by Crippen LogP contribution is -2.42. The van der Waals surface area contributed by atoms with Crippen molar-refractivity contribution in [3.63, 3.8) is 0 Å². The van der Waals surface area contributed by atoms with E-state index in [0.717, 1.165) is 37.6 Å². The zero-order chi connectivity index (χ0) is 12.3. The molecule has 0 radical (unpaired) electrons. The second-order valence-corrected chi connectivity index (χ2v) is 4.39. The first-order valence-electron chi connectivity index (χ1n) is 5.88. The minimum Gasteiger partial charge on any atom is -0.508 e. The standard InChI is InChI=1S/C13H19NO3/c1-10-9-17-6-5-14(10)8-11-7-12(16-2)3-4-13(11)15/h3-4,7,10,15H,5-6,8-9H2,1-2H3. The van der Waals surface area contributed by atoms with Crippen molar-refractivity contribution in [1.82, 2.24) is 4.90 Å². The lowest BCUT2D eigenvalue weighted by Gasteiger charge is -2.33. The highest BCUT2D eigenvalue weighted by atomic mass is 16.5. The second-order valence-electron chi connectivity index (χ2n) is 4.39. The first-order chi connectivity index (χ1) is 8.20. The Kier molecular flexibility index (Phi) is 3.86. The molecule has 1 heterocycles. The molecule has 0 aromatic heterocycles. The summed E-state index contributed by atoms with van der Waals surface area (Å²) in [5.41, 5.74) is 0.901. The summed E-state index contributed by atoms with van der Waals surface area (Å²) in [6.45, 7) is 5.28. The van der Waals surface area contributed by atoms with Gasteiger partial charge in [-0.3, -0.25) is 4.90 Å². The van der Waals surface area contributed by atoms with Gasteiger partial charge < -0.3 is 14.6 Å². The topological polar surface area (TPSA) is 41.9 Å². The molecule has 1 fully saturated rings. The summed E-state index contributed by atoms with van der Waals surface area (Å²) in [5, 5.41) is 9.83. The number of methoxy groups -OCH3 is 1. The second kappa shape index (κ2) is 5.38. The molecule has 4 nitrogen and oxygen atoms in total. The van der Waals surface area contributed by atoms with Crippen LogP contribution in [0.4, 0.5) is 0 Å². The third kappa shape index (κ3) is 2.90. The maximum Gasteiger partial charge on any atom is 0.120 e. The van der Waals surface area contributed by atoms with Crippen molar-refractivity contribution < 1.29 is 14.6 Å². The number of nitrogens with zero attached hydrogens (tertiary/aromatic N) is 1. The van der Waals surface area contributed by atoms with Crippen LogP contribution >= 0.6 is 0 Å². The van der Waals surface area contributed by atoms with E-state index in [2.05, 4.69) is 11.8 Å². The van der Waals surface area contributed by atoms with E-state index in [9.17, 15) is 5.11 Å². The number of phenolic OH excluding ortho intramolecular Hbond substituents is 1. The lowest BCUT2D eigenvalue weighted by molar-refractivity contribution is -0.00465. The van der Waals surface area contributed by atoms with Crippen LogP contribution in [0.25, 0.3) is 0 Å². The van der Waals surface area contributed by atoms with E-state index < -0.39 is 0 Å². The summed E-state index contributed by atoms with van der Waals surface area (Å²) in [4.78, 5) is 2.30. The summed E-state index contributed by atoms with van der Waals surface area (Å²) in [6.07, 6.45) is 0. The predicted molar refractivity (Wildman–Crippen MR) is 65.3 cm³/mol. The van der Waals surface area contributed by atoms with Gasteiger partial charge in [0.15, 0.2) is 0 Å². The third-order valence-corrected chi connectivity index (χ3v) is 3.17. The molecule has 2 rings (SSSR count). The third-order valence-electron chi connectivity index (χ3n) is 3.17. The van der Waals surface area contributed by atoms with E-state index in [1.807, 2.05) is 6.07 Å². The molecule has 94 valence electrons. The average Bonchev–Trinajstić information content (AvgIpc) is 2.35. The molecule has 0 saturated carbocycles. The molecule has 0 bridgehead atoms. The molecule has 1 aromatic carbocycles. The molecular weight excluding hydrogens is 218 g/mol. The van der Waals surface area contributed by atoms with Crippen LogP contribution in [0.3, 0.4) is 0 Å². The van der Waals surface area contributed by atoms with Gasteiger partial charge in [-0.15, -0.1) is 0 Å². The molecule has 1 aromatic rings. The molecular formula is C13H19NO3. The Labute approximate surface area is 102 Å². The zero-order valence-electron chi connectivity index (χ0n) is 10.3. The molecule has 1 N–H and O–H groups in total. The Hall–Kier alpha value is -1.26. The highest BCUT2D eigenvalue weighted by molar-refractivity contribution is 5.39. The summed E-state index contributed by atoms with van der Waals surface area (Å²) in [6, 6.07) is 5.72. The maximum atomic E-state index is 9.83. The number of morpholine rings is 1. The quantitative estimate of drug-likeness (QED) is 0.867. The molecule has 17 heavy (non-hydrogen) atoms. The fourth-order valence-electron chi connectivity index (χ4n) is 2.03. The molecule has 1 unspecified atom stereocenters. The summed E-state index contributed by atoms with van der Waals surface area (Å²) in [7, 11) is 1.63. The van der Waals surface area contributed by atoms with Gasteiger partial charge in [-0.1, -0.05) is 0 Å². The average molecular weight is 237 g/mol. The highest BCUT2D eigenvalue weighted by Gasteiger charge is 2.19. The van der Waals surface area contributed by atoms with Gasteiger partial charge in [0.2, 0.25) is 0 Å². The van der Waals surface area contributed by atoms with Gasteiger partial charge in [-0.05, 0) is 25.1 Å². The van der Waals surface area contributed by atoms with Crippen molar-refractivity contribution in [2.45, 2.75) is 19.5 Å². The molecule has 0 spiro atoms. The van der Waals surface area contributed by atoms with Crippen LogP contribution in [-0.2, 0) is 11.3 Å². The zero-order valence-corrected chi connectivity index (χ0v) is 10.3. The lowest BCUT2D eigenvalue weighted by atomic mass is 10.1. The Balaban J connectivity index is 2.11. The molecule has 1 saturated heterocycles. The Morgan fingerprint density at radius 1 is 1.53 bits per heavy atom. The van der Waals surface area contributed by atoms with Gasteiger partial charge in [0.05, 0.1) is 20.3 Å². The molecule has 1 aliphatic rings. The number of ether oxygens (including phenoxy) is 2. The first-order valence-corrected chi connectivity index (χ1v) is 5.88. The Morgan fingerprint density at radius 3 is 3.06 bits per heavy atom. The SMILES string of the molecule is COc1ccc(O)c(CN2CCOCC2C)c1. The normalized spacial score (nSPS) is 21.4. The molecule has 0 aliphatic carbocycles. The van der Waals surface area contributed by atoms with Crippen molar-refractivity contribution in [2.75, 3.05) is 26.9 Å². The summed E-state index contributed by atoms with van der Waals surface area (Å²) in [5.74, 6) is 1.10. The summed E-state index contributed by atoms with van der Waals surface area (Å²) < 4.78 is 10.6. The largest absolute Gasteiger partial charge is 0.508 e. The van der Waals surface area contributed by atoms with Crippen LogP contribution in [0.15, 0.2) is 18.2 Å². The fourth-order valence-corrected chi connectivity index (χ4v) is 2.03. The van der Waals surface area contributed by atoms with E-state index in [4.69, 9.17) is 9.47 Å². The van der Waals surface area contributed by atoms with E-state index in [1.54, 1.807) is 19.2 Å². The Morgan fingerprint density at radius 2 is 2.35 bits per heavy atom. The number of hydrogen-bond acceptors (Lipinski definition) is 4. The van der Waals surface area contributed by atoms with Crippen LogP contribution in [-0.4, -0.2) is 42.9 Å². The van der Waals surface area contributed by atoms with Crippen LogP contribution in [0, 0.1) is 0 Å². The van der Waals surface area contributed by atoms with Crippen LogP contribution < -0.4 is 4.74 Å². The fraction of sp³-hybridized carbons (Fsp3) is 0.538. The number of rotatable bonds is 3. The number of aromatic hydroxyl groups is 1. The van der Waals surface area contributed by atoms with Crippen molar-refractivity contribution in [3.8, 4) is 11.5 Å². The predicted octanol–water partition coefficient (Wildman–Crippen LogP) is 1.62. The van der Waals surface area contributed by atoms with Crippen LogP contribution in [0.5, 0.6) is 11.5 Å². The molecule has 4 heteroatoms. The highest BCUT2D eigenvalue weighted by Crippen LogP contribution is 2.25. The van der Waals surface area contributed by atoms with Gasteiger partial charge in [-0.25, -0.2) is 0 Å². The molecule has 0 amide bonds. The van der Waals surface area contributed by atoms with E-state index in [-0.39, 0.29) is 0 Å². The van der Waals surface area contributed by atoms with Gasteiger partial charge in [0.25, 0.3) is 0 Å². The van der Waals surface area contributed by atoms with Crippen LogP contribution in [0.2, 0.25) is 0 Å². The van der Waals surface area contributed by atoms with Gasteiger partial charge in [0.1, 0.15) is 11.5 Å².